The summed E-state index contributed by atoms with van der Waals surface area (Å²) in [5, 5.41) is 10.0. The van der Waals surface area contributed by atoms with E-state index in [9.17, 15) is 0 Å². The van der Waals surface area contributed by atoms with Crippen molar-refractivity contribution >= 4 is 74.9 Å². The van der Waals surface area contributed by atoms with Crippen LogP contribution in [-0.2, 0) is 0 Å². The Hall–Kier alpha value is -7.47. The molecule has 0 saturated carbocycles. The fraction of sp³-hybridized carbons (Fsp3) is 0. The molecular weight excluding hydrogens is 725 g/mol. The van der Waals surface area contributed by atoms with Crippen molar-refractivity contribution < 1.29 is 0 Å². The molecule has 0 saturated heterocycles. The molecule has 12 aromatic rings. The summed E-state index contributed by atoms with van der Waals surface area (Å²) in [6, 6.07) is 69.1. The molecular formula is C53H32N4S. The molecule has 0 amide bonds. The maximum Gasteiger partial charge on any atom is 0.164 e. The highest BCUT2D eigenvalue weighted by Crippen LogP contribution is 2.50. The van der Waals surface area contributed by atoms with E-state index in [1.54, 1.807) is 0 Å². The Morgan fingerprint density at radius 3 is 1.40 bits per heavy atom. The largest absolute Gasteiger partial charge is 0.308 e. The van der Waals surface area contributed by atoms with Gasteiger partial charge in [0.15, 0.2) is 17.5 Å². The lowest BCUT2D eigenvalue weighted by Crippen LogP contribution is -2.00. The summed E-state index contributed by atoms with van der Waals surface area (Å²) < 4.78 is 5.10. The number of thiophene rings is 1. The van der Waals surface area contributed by atoms with Gasteiger partial charge >= 0.3 is 0 Å². The molecule has 58 heavy (non-hydrogen) atoms. The fourth-order valence-electron chi connectivity index (χ4n) is 8.83. The summed E-state index contributed by atoms with van der Waals surface area (Å²) in [5.41, 5.74) is 8.80. The van der Waals surface area contributed by atoms with E-state index in [0.29, 0.717) is 17.5 Å². The maximum atomic E-state index is 5.05. The van der Waals surface area contributed by atoms with E-state index >= 15 is 0 Å². The van der Waals surface area contributed by atoms with Crippen molar-refractivity contribution in [3.05, 3.63) is 194 Å². The normalized spacial score (nSPS) is 11.8. The van der Waals surface area contributed by atoms with Crippen molar-refractivity contribution in [1.82, 2.24) is 19.5 Å². The standard InChI is InChI=1S/C53H32N4S/c1-4-16-33(17-5-1)43-32-44-46-40-24-12-10-22-38(40)39-23-11-13-25-41(39)48(46)57(49(44)47-42-26-14-15-27-45(42)58-50(43)47)37-30-28-36(29-31-37)53-55-51(34-18-6-2-7-19-34)54-52(56-53)35-20-8-3-9-21-35/h1-32H. The lowest BCUT2D eigenvalue weighted by atomic mass is 9.94. The Kier molecular flexibility index (Phi) is 7.37. The van der Waals surface area contributed by atoms with Crippen molar-refractivity contribution in [1.29, 1.82) is 0 Å². The van der Waals surface area contributed by atoms with Gasteiger partial charge < -0.3 is 4.57 Å². The molecule has 0 radical (unpaired) electrons. The molecule has 0 bridgehead atoms. The third-order valence-corrected chi connectivity index (χ3v) is 12.6. The van der Waals surface area contributed by atoms with Gasteiger partial charge in [0.1, 0.15) is 0 Å². The number of hydrogen-bond donors (Lipinski definition) is 0. The quantitative estimate of drug-likeness (QED) is 0.164. The summed E-state index contributed by atoms with van der Waals surface area (Å²) in [7, 11) is 0. The first-order valence-corrected chi connectivity index (χ1v) is 20.4. The van der Waals surface area contributed by atoms with Gasteiger partial charge in [0.25, 0.3) is 0 Å². The average molecular weight is 757 g/mol. The third-order valence-electron chi connectivity index (χ3n) is 11.4. The van der Waals surface area contributed by atoms with Gasteiger partial charge in [-0.3, -0.25) is 0 Å². The molecule has 0 aliphatic heterocycles. The second kappa shape index (κ2) is 13.1. The van der Waals surface area contributed by atoms with Crippen LogP contribution in [0.4, 0.5) is 0 Å². The molecule has 3 heterocycles. The van der Waals surface area contributed by atoms with Crippen LogP contribution >= 0.6 is 11.3 Å². The minimum Gasteiger partial charge on any atom is -0.308 e. The second-order valence-electron chi connectivity index (χ2n) is 14.7. The molecule has 5 heteroatoms. The van der Waals surface area contributed by atoms with Crippen LogP contribution in [0.15, 0.2) is 194 Å². The smallest absolute Gasteiger partial charge is 0.164 e. The minimum absolute atomic E-state index is 0.636. The molecule has 0 atom stereocenters. The molecule has 12 rings (SSSR count). The Morgan fingerprint density at radius 2 is 0.793 bits per heavy atom. The van der Waals surface area contributed by atoms with Crippen LogP contribution in [0.1, 0.15) is 0 Å². The zero-order valence-corrected chi connectivity index (χ0v) is 32.0. The predicted molar refractivity (Wildman–Crippen MR) is 244 cm³/mol. The van der Waals surface area contributed by atoms with E-state index in [1.165, 1.54) is 74.6 Å². The first-order chi connectivity index (χ1) is 28.8. The zero-order chi connectivity index (χ0) is 38.2. The van der Waals surface area contributed by atoms with Gasteiger partial charge in [-0.15, -0.1) is 11.3 Å². The molecule has 0 N–H and O–H groups in total. The topological polar surface area (TPSA) is 43.6 Å². The highest BCUT2D eigenvalue weighted by atomic mass is 32.1. The predicted octanol–water partition coefficient (Wildman–Crippen LogP) is 14.3. The molecule has 4 nitrogen and oxygen atoms in total. The van der Waals surface area contributed by atoms with E-state index in [4.69, 9.17) is 15.0 Å². The first kappa shape index (κ1) is 32.7. The number of aromatic nitrogens is 4. The van der Waals surface area contributed by atoms with E-state index in [0.717, 1.165) is 22.4 Å². The molecule has 0 unspecified atom stereocenters. The lowest BCUT2D eigenvalue weighted by molar-refractivity contribution is 1.07. The lowest BCUT2D eigenvalue weighted by Gasteiger charge is -2.14. The van der Waals surface area contributed by atoms with E-state index in [1.807, 2.05) is 72.0 Å². The molecule has 0 aliphatic carbocycles. The molecule has 0 aliphatic rings. The Bertz CT molecular complexity index is 3480. The summed E-state index contributed by atoms with van der Waals surface area (Å²) >= 11 is 1.88. The molecule has 0 spiro atoms. The zero-order valence-electron chi connectivity index (χ0n) is 31.2. The van der Waals surface area contributed by atoms with E-state index in [2.05, 4.69) is 138 Å². The van der Waals surface area contributed by atoms with Gasteiger partial charge in [-0.25, -0.2) is 15.0 Å². The van der Waals surface area contributed by atoms with Gasteiger partial charge in [0, 0.05) is 64.3 Å². The van der Waals surface area contributed by atoms with E-state index in [-0.39, 0.29) is 0 Å². The number of nitrogens with zero attached hydrogens (tertiary/aromatic N) is 4. The van der Waals surface area contributed by atoms with Gasteiger partial charge in [-0.2, -0.15) is 0 Å². The number of fused-ring (bicyclic) bond motifs is 12. The van der Waals surface area contributed by atoms with Crippen molar-refractivity contribution in [2.75, 3.05) is 0 Å². The van der Waals surface area contributed by atoms with Crippen molar-refractivity contribution in [3.63, 3.8) is 0 Å². The fourth-order valence-corrected chi connectivity index (χ4v) is 10.1. The Balaban J connectivity index is 1.18. The van der Waals surface area contributed by atoms with Gasteiger partial charge in [0.05, 0.1) is 11.0 Å². The van der Waals surface area contributed by atoms with Crippen LogP contribution in [0, 0.1) is 0 Å². The third kappa shape index (κ3) is 5.04. The maximum absolute atomic E-state index is 5.05. The van der Waals surface area contributed by atoms with Crippen LogP contribution in [0.3, 0.4) is 0 Å². The highest BCUT2D eigenvalue weighted by Gasteiger charge is 2.25. The van der Waals surface area contributed by atoms with Gasteiger partial charge in [0.2, 0.25) is 0 Å². The number of benzene rings is 9. The second-order valence-corrected chi connectivity index (χ2v) is 15.8. The molecule has 270 valence electrons. The van der Waals surface area contributed by atoms with Crippen molar-refractivity contribution in [2.24, 2.45) is 0 Å². The Labute approximate surface area is 338 Å². The van der Waals surface area contributed by atoms with Crippen molar-refractivity contribution in [3.8, 4) is 51.0 Å². The Morgan fingerprint density at radius 1 is 0.345 bits per heavy atom. The minimum atomic E-state index is 0.636. The summed E-state index contributed by atoms with van der Waals surface area (Å²) in [4.78, 5) is 15.0. The number of rotatable bonds is 5. The van der Waals surface area contributed by atoms with E-state index < -0.39 is 0 Å². The SMILES string of the molecule is c1ccc(-c2nc(-c3ccccc3)nc(-c3ccc(-n4c5c(cc(-c6ccccc6)c6sc7ccccc7c65)c5c6ccccc6c6ccccc6c54)cc3)n2)cc1. The van der Waals surface area contributed by atoms with Crippen LogP contribution in [0.25, 0.3) is 115 Å². The van der Waals surface area contributed by atoms with Crippen LogP contribution in [-0.4, -0.2) is 19.5 Å². The van der Waals surface area contributed by atoms with Crippen LogP contribution in [0.2, 0.25) is 0 Å². The monoisotopic (exact) mass is 756 g/mol. The summed E-state index contributed by atoms with van der Waals surface area (Å²) in [6.45, 7) is 0. The molecule has 0 fully saturated rings. The summed E-state index contributed by atoms with van der Waals surface area (Å²) in [6.07, 6.45) is 0. The number of hydrogen-bond acceptors (Lipinski definition) is 4. The van der Waals surface area contributed by atoms with Crippen LogP contribution < -0.4 is 0 Å². The average Bonchev–Trinajstić information content (AvgIpc) is 3.86. The van der Waals surface area contributed by atoms with Gasteiger partial charge in [-0.05, 0) is 58.1 Å². The molecule has 9 aromatic carbocycles. The van der Waals surface area contributed by atoms with Crippen molar-refractivity contribution in [2.45, 2.75) is 0 Å². The van der Waals surface area contributed by atoms with Crippen LogP contribution in [0.5, 0.6) is 0 Å². The first-order valence-electron chi connectivity index (χ1n) is 19.5. The molecule has 3 aromatic heterocycles. The highest BCUT2D eigenvalue weighted by molar-refractivity contribution is 7.26. The van der Waals surface area contributed by atoms with Gasteiger partial charge in [-0.1, -0.05) is 158 Å². The summed E-state index contributed by atoms with van der Waals surface area (Å²) in [5.74, 6) is 1.93.